The van der Waals surface area contributed by atoms with Gasteiger partial charge in [0.1, 0.15) is 6.04 Å². The summed E-state index contributed by atoms with van der Waals surface area (Å²) in [4.78, 5) is 11.2. The number of ether oxygens (including phenoxy) is 1. The number of rotatable bonds is 5. The number of methoxy groups -OCH3 is 1. The maximum Gasteiger partial charge on any atom is 0.322 e. The molecule has 1 aliphatic rings. The molecule has 1 saturated carbocycles. The summed E-state index contributed by atoms with van der Waals surface area (Å²) >= 11 is 0. The fourth-order valence-electron chi connectivity index (χ4n) is 2.50. The van der Waals surface area contributed by atoms with E-state index < -0.39 is 6.04 Å². The summed E-state index contributed by atoms with van der Waals surface area (Å²) in [5.41, 5.74) is 6.08. The summed E-state index contributed by atoms with van der Waals surface area (Å²) in [6.07, 6.45) is 4.46. The van der Waals surface area contributed by atoms with Crippen molar-refractivity contribution in [3.05, 3.63) is 0 Å². The van der Waals surface area contributed by atoms with Gasteiger partial charge >= 0.3 is 5.97 Å². The maximum atomic E-state index is 11.2. The molecule has 94 valence electrons. The summed E-state index contributed by atoms with van der Waals surface area (Å²) in [6.45, 7) is 6.83. The highest BCUT2D eigenvalue weighted by Gasteiger charge is 2.38. The minimum atomic E-state index is -0.450. The number of esters is 1. The zero-order valence-electron chi connectivity index (χ0n) is 11.0. The molecule has 2 N–H and O–H groups in total. The molecule has 2 atom stereocenters. The van der Waals surface area contributed by atoms with Crippen LogP contribution < -0.4 is 5.73 Å². The van der Waals surface area contributed by atoms with Crippen LogP contribution in [0.1, 0.15) is 46.5 Å². The molecule has 0 aliphatic heterocycles. The molecule has 0 spiro atoms. The predicted molar refractivity (Wildman–Crippen MR) is 64.9 cm³/mol. The third-order valence-electron chi connectivity index (χ3n) is 3.60. The smallest absolute Gasteiger partial charge is 0.322 e. The average Bonchev–Trinajstić information content (AvgIpc) is 2.98. The van der Waals surface area contributed by atoms with Crippen LogP contribution in [0.5, 0.6) is 0 Å². The molecule has 0 bridgehead atoms. The Morgan fingerprint density at radius 2 is 1.94 bits per heavy atom. The largest absolute Gasteiger partial charge is 0.468 e. The van der Waals surface area contributed by atoms with Crippen LogP contribution in [-0.2, 0) is 9.53 Å². The van der Waals surface area contributed by atoms with Crippen molar-refractivity contribution >= 4 is 5.97 Å². The highest BCUT2D eigenvalue weighted by atomic mass is 16.5. The number of nitrogens with two attached hydrogens (primary N) is 1. The van der Waals surface area contributed by atoms with Gasteiger partial charge in [-0.15, -0.1) is 0 Å². The summed E-state index contributed by atoms with van der Waals surface area (Å²) in [6, 6.07) is -0.450. The quantitative estimate of drug-likeness (QED) is 0.733. The van der Waals surface area contributed by atoms with Crippen molar-refractivity contribution in [2.45, 2.75) is 52.5 Å². The molecule has 0 amide bonds. The zero-order valence-corrected chi connectivity index (χ0v) is 11.0. The second-order valence-electron chi connectivity index (χ2n) is 6.02. The normalized spacial score (nSPS) is 20.3. The molecule has 1 aliphatic carbocycles. The summed E-state index contributed by atoms with van der Waals surface area (Å²) in [5.74, 6) is 1.25. The summed E-state index contributed by atoms with van der Waals surface area (Å²) < 4.78 is 4.64. The van der Waals surface area contributed by atoms with E-state index in [1.807, 2.05) is 0 Å². The van der Waals surface area contributed by atoms with E-state index in [4.69, 9.17) is 5.73 Å². The molecule has 3 heteroatoms. The Balaban J connectivity index is 2.41. The molecule has 1 fully saturated rings. The van der Waals surface area contributed by atoms with E-state index in [-0.39, 0.29) is 5.97 Å². The first kappa shape index (κ1) is 13.5. The van der Waals surface area contributed by atoms with Crippen LogP contribution in [0.25, 0.3) is 0 Å². The van der Waals surface area contributed by atoms with Crippen molar-refractivity contribution in [3.63, 3.8) is 0 Å². The van der Waals surface area contributed by atoms with E-state index in [2.05, 4.69) is 25.5 Å². The van der Waals surface area contributed by atoms with Crippen molar-refractivity contribution in [3.8, 4) is 0 Å². The topological polar surface area (TPSA) is 52.3 Å². The van der Waals surface area contributed by atoms with Gasteiger partial charge in [0.05, 0.1) is 7.11 Å². The number of hydrogen-bond donors (Lipinski definition) is 1. The van der Waals surface area contributed by atoms with Crippen molar-refractivity contribution in [1.82, 2.24) is 0 Å². The minimum absolute atomic E-state index is 0.288. The van der Waals surface area contributed by atoms with Crippen LogP contribution in [0, 0.1) is 17.3 Å². The molecule has 0 heterocycles. The summed E-state index contributed by atoms with van der Waals surface area (Å²) in [5, 5.41) is 0. The lowest BCUT2D eigenvalue weighted by Crippen LogP contribution is -2.33. The van der Waals surface area contributed by atoms with Gasteiger partial charge in [-0.1, -0.05) is 20.8 Å². The Morgan fingerprint density at radius 3 is 2.31 bits per heavy atom. The van der Waals surface area contributed by atoms with Crippen LogP contribution in [0.2, 0.25) is 0 Å². The molecule has 0 aromatic rings. The first-order valence-electron chi connectivity index (χ1n) is 6.19. The van der Waals surface area contributed by atoms with Gasteiger partial charge in [0.15, 0.2) is 0 Å². The van der Waals surface area contributed by atoms with Crippen molar-refractivity contribution in [2.24, 2.45) is 23.0 Å². The Bertz CT molecular complexity index is 241. The van der Waals surface area contributed by atoms with Crippen molar-refractivity contribution in [1.29, 1.82) is 0 Å². The van der Waals surface area contributed by atoms with Crippen molar-refractivity contribution < 1.29 is 9.53 Å². The average molecular weight is 227 g/mol. The second kappa shape index (κ2) is 5.17. The summed E-state index contributed by atoms with van der Waals surface area (Å²) in [7, 11) is 1.39. The third kappa shape index (κ3) is 3.78. The molecule has 1 rings (SSSR count). The maximum absolute atomic E-state index is 11.2. The van der Waals surface area contributed by atoms with E-state index in [0.717, 1.165) is 18.8 Å². The lowest BCUT2D eigenvalue weighted by molar-refractivity contribution is -0.142. The second-order valence-corrected chi connectivity index (χ2v) is 6.02. The molecular formula is C13H25NO2. The van der Waals surface area contributed by atoms with Gasteiger partial charge in [-0.3, -0.25) is 4.79 Å². The molecule has 0 radical (unpaired) electrons. The molecule has 16 heavy (non-hydrogen) atoms. The molecule has 3 nitrogen and oxygen atoms in total. The van der Waals surface area contributed by atoms with Crippen molar-refractivity contribution in [2.75, 3.05) is 7.11 Å². The van der Waals surface area contributed by atoms with Gasteiger partial charge in [0.2, 0.25) is 0 Å². The zero-order chi connectivity index (χ0) is 12.3. The van der Waals surface area contributed by atoms with Crippen LogP contribution in [0.3, 0.4) is 0 Å². The fraction of sp³-hybridized carbons (Fsp3) is 0.923. The molecular weight excluding hydrogens is 202 g/mol. The number of carbonyl (C=O) groups excluding carboxylic acids is 1. The van der Waals surface area contributed by atoms with E-state index in [0.29, 0.717) is 11.3 Å². The Morgan fingerprint density at radius 1 is 1.38 bits per heavy atom. The predicted octanol–water partition coefficient (Wildman–Crippen LogP) is 2.34. The highest BCUT2D eigenvalue weighted by Crippen LogP contribution is 2.47. The van der Waals surface area contributed by atoms with Crippen LogP contribution in [-0.4, -0.2) is 19.1 Å². The lowest BCUT2D eigenvalue weighted by Gasteiger charge is -2.31. The van der Waals surface area contributed by atoms with Gasteiger partial charge < -0.3 is 10.5 Å². The fourth-order valence-corrected chi connectivity index (χ4v) is 2.50. The SMILES string of the molecule is COC(=O)C(N)CCC(C1CC1)C(C)(C)C. The molecule has 0 aromatic carbocycles. The van der Waals surface area contributed by atoms with E-state index in [1.165, 1.54) is 20.0 Å². The Kier molecular flexibility index (Phi) is 4.36. The number of hydrogen-bond acceptors (Lipinski definition) is 3. The van der Waals surface area contributed by atoms with E-state index >= 15 is 0 Å². The van der Waals surface area contributed by atoms with E-state index in [1.54, 1.807) is 0 Å². The van der Waals surface area contributed by atoms with Gasteiger partial charge in [0, 0.05) is 0 Å². The first-order chi connectivity index (χ1) is 7.36. The van der Waals surface area contributed by atoms with Gasteiger partial charge in [-0.25, -0.2) is 0 Å². The molecule has 2 unspecified atom stereocenters. The van der Waals surface area contributed by atoms with Crippen LogP contribution in [0.4, 0.5) is 0 Å². The third-order valence-corrected chi connectivity index (χ3v) is 3.60. The molecule has 0 aromatic heterocycles. The lowest BCUT2D eigenvalue weighted by atomic mass is 9.74. The molecule has 0 saturated heterocycles. The van der Waals surface area contributed by atoms with Crippen LogP contribution in [0.15, 0.2) is 0 Å². The van der Waals surface area contributed by atoms with Gasteiger partial charge in [-0.2, -0.15) is 0 Å². The standard InChI is InChI=1S/C13H25NO2/c1-13(2,3)10(9-5-6-9)7-8-11(14)12(15)16-4/h9-11H,5-8,14H2,1-4H3. The number of carbonyl (C=O) groups is 1. The monoisotopic (exact) mass is 227 g/mol. The first-order valence-corrected chi connectivity index (χ1v) is 6.19. The van der Waals surface area contributed by atoms with E-state index in [9.17, 15) is 4.79 Å². The van der Waals surface area contributed by atoms with Gasteiger partial charge in [-0.05, 0) is 42.9 Å². The van der Waals surface area contributed by atoms with Crippen LogP contribution >= 0.6 is 0 Å². The van der Waals surface area contributed by atoms with Gasteiger partial charge in [0.25, 0.3) is 0 Å². The Hall–Kier alpha value is -0.570. The minimum Gasteiger partial charge on any atom is -0.468 e. The Labute approximate surface area is 98.7 Å². The highest BCUT2D eigenvalue weighted by molar-refractivity contribution is 5.75.